The zero-order valence-electron chi connectivity index (χ0n) is 13.5. The van der Waals surface area contributed by atoms with Gasteiger partial charge in [0.15, 0.2) is 0 Å². The molecule has 1 aliphatic rings. The third-order valence-electron chi connectivity index (χ3n) is 3.72. The molecule has 128 valence electrons. The van der Waals surface area contributed by atoms with Crippen LogP contribution in [0.1, 0.15) is 20.8 Å². The molecule has 0 unspecified atom stereocenters. The van der Waals surface area contributed by atoms with E-state index >= 15 is 0 Å². The molecule has 23 heavy (non-hydrogen) atoms. The van der Waals surface area contributed by atoms with Crippen molar-refractivity contribution in [2.24, 2.45) is 0 Å². The van der Waals surface area contributed by atoms with Crippen LogP contribution in [0.4, 0.5) is 14.5 Å². The highest BCUT2D eigenvalue weighted by atomic mass is 32.2. The van der Waals surface area contributed by atoms with Crippen molar-refractivity contribution in [2.75, 3.05) is 18.4 Å². The predicted octanol–water partition coefficient (Wildman–Crippen LogP) is 3.44. The second-order valence-corrected chi connectivity index (χ2v) is 6.84. The van der Waals surface area contributed by atoms with Crippen LogP contribution in [0.15, 0.2) is 29.2 Å². The van der Waals surface area contributed by atoms with Crippen molar-refractivity contribution in [1.29, 1.82) is 0 Å². The Labute approximate surface area is 139 Å². The quantitative estimate of drug-likeness (QED) is 0.831. The average Bonchev–Trinajstić information content (AvgIpc) is 2.47. The molecule has 4 nitrogen and oxygen atoms in total. The van der Waals surface area contributed by atoms with Crippen molar-refractivity contribution in [3.63, 3.8) is 0 Å². The first-order valence-corrected chi connectivity index (χ1v) is 8.48. The molecular weight excluding hydrogens is 322 g/mol. The van der Waals surface area contributed by atoms with Crippen molar-refractivity contribution in [1.82, 2.24) is 4.90 Å². The van der Waals surface area contributed by atoms with Crippen LogP contribution in [0.25, 0.3) is 0 Å². The van der Waals surface area contributed by atoms with Crippen molar-refractivity contribution < 1.29 is 18.3 Å². The van der Waals surface area contributed by atoms with Crippen LogP contribution in [0.2, 0.25) is 0 Å². The third-order valence-corrected chi connectivity index (χ3v) is 4.44. The Kier molecular flexibility index (Phi) is 6.38. The van der Waals surface area contributed by atoms with Gasteiger partial charge in [0.1, 0.15) is 0 Å². The zero-order chi connectivity index (χ0) is 17.0. The Morgan fingerprint density at radius 1 is 1.26 bits per heavy atom. The lowest BCUT2D eigenvalue weighted by atomic mass is 10.1. The lowest BCUT2D eigenvalue weighted by molar-refractivity contribution is -0.126. The molecule has 0 spiro atoms. The standard InChI is InChI=1S/C16H22F2N2O2S/c1-10-8-20(9-11(2)22-10)12(3)15(21)19-13-4-6-14(7-5-13)23-16(17)18/h4-7,10-12,16H,8-9H2,1-3H3,(H,19,21)/t10-,11+,12-/m0/s1. The lowest BCUT2D eigenvalue weighted by Gasteiger charge is -2.38. The smallest absolute Gasteiger partial charge is 0.288 e. The SMILES string of the molecule is C[C@@H]1CN([C@@H](C)C(=O)Nc2ccc(SC(F)F)cc2)C[C@H](C)O1. The number of anilines is 1. The first kappa shape index (κ1) is 18.2. The molecule has 2 rings (SSSR count). The highest BCUT2D eigenvalue weighted by Gasteiger charge is 2.29. The van der Waals surface area contributed by atoms with Gasteiger partial charge in [0.2, 0.25) is 5.91 Å². The van der Waals surface area contributed by atoms with Crippen LogP contribution in [0, 0.1) is 0 Å². The molecule has 1 aliphatic heterocycles. The van der Waals surface area contributed by atoms with Crippen LogP contribution < -0.4 is 5.32 Å². The van der Waals surface area contributed by atoms with Crippen molar-refractivity contribution in [3.8, 4) is 0 Å². The fraction of sp³-hybridized carbons (Fsp3) is 0.562. The van der Waals surface area contributed by atoms with Gasteiger partial charge in [-0.05, 0) is 45.0 Å². The van der Waals surface area contributed by atoms with E-state index in [-0.39, 0.29) is 24.2 Å². The number of benzene rings is 1. The van der Waals surface area contributed by atoms with Gasteiger partial charge in [0.05, 0.1) is 18.2 Å². The number of ether oxygens (including phenoxy) is 1. The van der Waals surface area contributed by atoms with E-state index in [1.165, 1.54) is 0 Å². The molecule has 1 aromatic rings. The Morgan fingerprint density at radius 3 is 2.35 bits per heavy atom. The van der Waals surface area contributed by atoms with E-state index in [1.807, 2.05) is 20.8 Å². The summed E-state index contributed by atoms with van der Waals surface area (Å²) in [4.78, 5) is 14.9. The van der Waals surface area contributed by atoms with Crippen molar-refractivity contribution in [2.45, 2.75) is 49.7 Å². The first-order chi connectivity index (χ1) is 10.8. The molecule has 1 fully saturated rings. The van der Waals surface area contributed by atoms with Crippen LogP contribution in [-0.4, -0.2) is 47.9 Å². The van der Waals surface area contributed by atoms with Crippen molar-refractivity contribution in [3.05, 3.63) is 24.3 Å². The monoisotopic (exact) mass is 344 g/mol. The summed E-state index contributed by atoms with van der Waals surface area (Å²) in [6.45, 7) is 7.27. The minimum Gasteiger partial charge on any atom is -0.373 e. The Hall–Kier alpha value is -1.18. The number of amides is 1. The highest BCUT2D eigenvalue weighted by Crippen LogP contribution is 2.26. The first-order valence-electron chi connectivity index (χ1n) is 7.60. The number of halogens is 2. The van der Waals surface area contributed by atoms with Gasteiger partial charge in [-0.3, -0.25) is 9.69 Å². The number of carbonyl (C=O) groups excluding carboxylic acids is 1. The topological polar surface area (TPSA) is 41.6 Å². The summed E-state index contributed by atoms with van der Waals surface area (Å²) in [5.41, 5.74) is 0.606. The Balaban J connectivity index is 1.92. The number of alkyl halides is 2. The van der Waals surface area contributed by atoms with E-state index in [1.54, 1.807) is 24.3 Å². The van der Waals surface area contributed by atoms with E-state index < -0.39 is 5.76 Å². The van der Waals surface area contributed by atoms with Gasteiger partial charge in [-0.25, -0.2) is 0 Å². The van der Waals surface area contributed by atoms with E-state index in [4.69, 9.17) is 4.74 Å². The lowest BCUT2D eigenvalue weighted by Crippen LogP contribution is -2.52. The molecule has 1 heterocycles. The van der Waals surface area contributed by atoms with E-state index in [9.17, 15) is 13.6 Å². The molecule has 0 radical (unpaired) electrons. The van der Waals surface area contributed by atoms with Crippen LogP contribution in [0.5, 0.6) is 0 Å². The normalized spacial score (nSPS) is 23.7. The Morgan fingerprint density at radius 2 is 1.83 bits per heavy atom. The van der Waals surface area contributed by atoms with Gasteiger partial charge in [0.25, 0.3) is 5.76 Å². The number of nitrogens with zero attached hydrogens (tertiary/aromatic N) is 1. The molecule has 1 amide bonds. The van der Waals surface area contributed by atoms with E-state index in [0.717, 1.165) is 0 Å². The number of thioether (sulfide) groups is 1. The molecule has 3 atom stereocenters. The zero-order valence-corrected chi connectivity index (χ0v) is 14.3. The van der Waals surface area contributed by atoms with Gasteiger partial charge in [-0.15, -0.1) is 0 Å². The molecule has 0 bridgehead atoms. The number of nitrogens with one attached hydrogen (secondary N) is 1. The molecule has 1 aromatic carbocycles. The molecule has 7 heteroatoms. The molecule has 0 saturated carbocycles. The van der Waals surface area contributed by atoms with Gasteiger partial charge >= 0.3 is 0 Å². The van der Waals surface area contributed by atoms with Crippen LogP contribution in [0.3, 0.4) is 0 Å². The van der Waals surface area contributed by atoms with Crippen molar-refractivity contribution >= 4 is 23.4 Å². The summed E-state index contributed by atoms with van der Waals surface area (Å²) >= 11 is 0.487. The number of hydrogen-bond acceptors (Lipinski definition) is 4. The third kappa shape index (κ3) is 5.44. The summed E-state index contributed by atoms with van der Waals surface area (Å²) in [6.07, 6.45) is 0.194. The summed E-state index contributed by atoms with van der Waals surface area (Å²) in [7, 11) is 0. The molecule has 1 saturated heterocycles. The van der Waals surface area contributed by atoms with Gasteiger partial charge in [0, 0.05) is 23.7 Å². The summed E-state index contributed by atoms with van der Waals surface area (Å²) in [5, 5.41) is 2.83. The fourth-order valence-electron chi connectivity index (χ4n) is 2.67. The van der Waals surface area contributed by atoms with E-state index in [2.05, 4.69) is 10.2 Å². The second-order valence-electron chi connectivity index (χ2n) is 5.78. The minimum atomic E-state index is -2.44. The van der Waals surface area contributed by atoms with Crippen LogP contribution >= 0.6 is 11.8 Å². The maximum Gasteiger partial charge on any atom is 0.288 e. The fourth-order valence-corrected chi connectivity index (χ4v) is 3.17. The maximum atomic E-state index is 12.4. The average molecular weight is 344 g/mol. The molecule has 1 N–H and O–H groups in total. The number of morpholine rings is 1. The molecular formula is C16H22F2N2O2S. The van der Waals surface area contributed by atoms with Gasteiger partial charge < -0.3 is 10.1 Å². The number of carbonyl (C=O) groups is 1. The molecule has 0 aliphatic carbocycles. The van der Waals surface area contributed by atoms with Crippen LogP contribution in [-0.2, 0) is 9.53 Å². The highest BCUT2D eigenvalue weighted by molar-refractivity contribution is 7.99. The largest absolute Gasteiger partial charge is 0.373 e. The van der Waals surface area contributed by atoms with E-state index in [0.29, 0.717) is 35.4 Å². The predicted molar refractivity (Wildman–Crippen MR) is 88.0 cm³/mol. The van der Waals surface area contributed by atoms with Gasteiger partial charge in [-0.2, -0.15) is 8.78 Å². The number of rotatable bonds is 5. The molecule has 0 aromatic heterocycles. The summed E-state index contributed by atoms with van der Waals surface area (Å²) < 4.78 is 30.2. The minimum absolute atomic E-state index is 0.0969. The second kappa shape index (κ2) is 8.08. The summed E-state index contributed by atoms with van der Waals surface area (Å²) in [6, 6.07) is 6.16. The number of hydrogen-bond donors (Lipinski definition) is 1. The van der Waals surface area contributed by atoms with Gasteiger partial charge in [-0.1, -0.05) is 11.8 Å². The summed E-state index contributed by atoms with van der Waals surface area (Å²) in [5.74, 6) is -2.55. The Bertz CT molecular complexity index is 517. The maximum absolute atomic E-state index is 12.4.